The summed E-state index contributed by atoms with van der Waals surface area (Å²) >= 11 is 6.80. The fourth-order valence-corrected chi connectivity index (χ4v) is 5.31. The first-order chi connectivity index (χ1) is 21.4. The van der Waals surface area contributed by atoms with Crippen molar-refractivity contribution in [2.24, 2.45) is 0 Å². The van der Waals surface area contributed by atoms with E-state index in [2.05, 4.69) is 44.1 Å². The third-order valence-electron chi connectivity index (χ3n) is 7.35. The fourth-order valence-electron chi connectivity index (χ4n) is 5.04. The first-order valence-corrected chi connectivity index (χ1v) is 14.2. The summed E-state index contributed by atoms with van der Waals surface area (Å²) in [7, 11) is 0. The molecule has 10 heteroatoms. The Labute approximate surface area is 255 Å². The molecule has 1 fully saturated rings. The monoisotopic (exact) mass is 584 g/mol. The van der Waals surface area contributed by atoms with Crippen molar-refractivity contribution < 1.29 is 1.37 Å². The van der Waals surface area contributed by atoms with Gasteiger partial charge in [0, 0.05) is 23.7 Å². The second kappa shape index (κ2) is 12.2. The Morgan fingerprint density at radius 1 is 1.00 bits per heavy atom. The molecule has 0 spiro atoms. The van der Waals surface area contributed by atoms with Crippen LogP contribution in [-0.4, -0.2) is 20.0 Å². The predicted octanol–water partition coefficient (Wildman–Crippen LogP) is 7.22. The Kier molecular flexibility index (Phi) is 7.51. The zero-order valence-corrected chi connectivity index (χ0v) is 23.8. The molecule has 2 atom stereocenters. The minimum absolute atomic E-state index is 0.259. The molecule has 0 radical (unpaired) electrons. The van der Waals surface area contributed by atoms with Crippen molar-refractivity contribution >= 4 is 33.9 Å². The summed E-state index contributed by atoms with van der Waals surface area (Å²) in [6.45, 7) is 0. The van der Waals surface area contributed by atoms with Gasteiger partial charge in [-0.1, -0.05) is 59.3 Å². The number of hydrogen-bond acceptors (Lipinski definition) is 8. The number of benzene rings is 3. The Morgan fingerprint density at radius 3 is 2.56 bits per heavy atom. The van der Waals surface area contributed by atoms with Crippen LogP contribution in [0.4, 0.5) is 11.4 Å². The minimum Gasteiger partial charge on any atom is -0.377 e. The van der Waals surface area contributed by atoms with Crippen molar-refractivity contribution in [3.05, 3.63) is 112 Å². The lowest BCUT2D eigenvalue weighted by molar-refractivity contribution is 0.610. The topological polar surface area (TPSA) is 139 Å². The molecule has 1 saturated carbocycles. The van der Waals surface area contributed by atoms with Gasteiger partial charge in [0.15, 0.2) is 0 Å². The summed E-state index contributed by atoms with van der Waals surface area (Å²) in [6.07, 6.45) is 6.09. The Balaban J connectivity index is 1.47. The molecule has 1 aliphatic carbocycles. The quantitative estimate of drug-likeness (QED) is 0.175. The van der Waals surface area contributed by atoms with Crippen molar-refractivity contribution in [1.29, 1.82) is 15.8 Å². The van der Waals surface area contributed by atoms with Gasteiger partial charge in [0.1, 0.15) is 11.8 Å². The SMILES string of the molecule is [2H][C@](Nc1cc(Cl)c2ncc(C#N)c(N[C@H](CCC#N)c3ccccc3)c2c1)(c1cccc(C#N)c1)c1cn(C2CC2)nn1. The molecule has 9 nitrogen and oxygen atoms in total. The molecule has 0 aliphatic heterocycles. The molecule has 2 aromatic heterocycles. The Bertz CT molecular complexity index is 1970. The number of nitrogens with zero attached hydrogens (tertiary/aromatic N) is 7. The molecule has 2 heterocycles. The van der Waals surface area contributed by atoms with Gasteiger partial charge in [0.25, 0.3) is 0 Å². The second-order valence-corrected chi connectivity index (χ2v) is 10.7. The van der Waals surface area contributed by atoms with E-state index in [1.807, 2.05) is 30.3 Å². The molecule has 210 valence electrons. The molecule has 6 rings (SSSR count). The van der Waals surface area contributed by atoms with E-state index in [4.69, 9.17) is 11.6 Å². The maximum atomic E-state index is 10.1. The van der Waals surface area contributed by atoms with Crippen molar-refractivity contribution in [2.45, 2.75) is 43.8 Å². The highest BCUT2D eigenvalue weighted by Crippen LogP contribution is 2.38. The summed E-state index contributed by atoms with van der Waals surface area (Å²) in [5.41, 5.74) is 4.04. The number of anilines is 2. The first-order valence-electron chi connectivity index (χ1n) is 14.4. The highest BCUT2D eigenvalue weighted by molar-refractivity contribution is 6.35. The van der Waals surface area contributed by atoms with Gasteiger partial charge in [-0.3, -0.25) is 4.98 Å². The normalized spacial score (nSPS) is 14.9. The van der Waals surface area contributed by atoms with Gasteiger partial charge in [0.2, 0.25) is 0 Å². The lowest BCUT2D eigenvalue weighted by Crippen LogP contribution is -2.14. The van der Waals surface area contributed by atoms with Crippen LogP contribution in [-0.2, 0) is 0 Å². The Hall–Kier alpha value is -5.43. The second-order valence-electron chi connectivity index (χ2n) is 10.3. The fraction of sp³-hybridized carbons (Fsp3) is 0.212. The highest BCUT2D eigenvalue weighted by Gasteiger charge is 2.27. The van der Waals surface area contributed by atoms with Crippen LogP contribution in [0.2, 0.25) is 5.02 Å². The molecule has 1 aliphatic rings. The smallest absolute Gasteiger partial charge is 0.109 e. The largest absolute Gasteiger partial charge is 0.377 e. The van der Waals surface area contributed by atoms with Crippen LogP contribution in [0.3, 0.4) is 0 Å². The summed E-state index contributed by atoms with van der Waals surface area (Å²) in [6, 6.07) is 25.0. The van der Waals surface area contributed by atoms with E-state index in [0.717, 1.165) is 18.4 Å². The van der Waals surface area contributed by atoms with E-state index >= 15 is 0 Å². The number of pyridine rings is 1. The van der Waals surface area contributed by atoms with Crippen LogP contribution in [0.25, 0.3) is 10.9 Å². The zero-order chi connectivity index (χ0) is 30.7. The summed E-state index contributed by atoms with van der Waals surface area (Å²) in [5, 5.41) is 45.3. The summed E-state index contributed by atoms with van der Waals surface area (Å²) < 4.78 is 11.5. The lowest BCUT2D eigenvalue weighted by atomic mass is 9.99. The molecule has 3 aromatic carbocycles. The van der Waals surface area contributed by atoms with E-state index in [9.17, 15) is 17.2 Å². The third kappa shape index (κ3) is 5.97. The van der Waals surface area contributed by atoms with Crippen LogP contribution in [0.1, 0.15) is 73.1 Å². The zero-order valence-electron chi connectivity index (χ0n) is 24.0. The molecule has 2 N–H and O–H groups in total. The summed E-state index contributed by atoms with van der Waals surface area (Å²) in [4.78, 5) is 4.48. The van der Waals surface area contributed by atoms with Gasteiger partial charge < -0.3 is 10.6 Å². The minimum atomic E-state index is -1.63. The van der Waals surface area contributed by atoms with Gasteiger partial charge >= 0.3 is 0 Å². The number of rotatable bonds is 10. The number of hydrogen-bond donors (Lipinski definition) is 2. The van der Waals surface area contributed by atoms with E-state index in [-0.39, 0.29) is 12.1 Å². The van der Waals surface area contributed by atoms with E-state index < -0.39 is 6.02 Å². The molecule has 0 saturated heterocycles. The third-order valence-corrected chi connectivity index (χ3v) is 7.64. The van der Waals surface area contributed by atoms with Gasteiger partial charge in [-0.15, -0.1) is 5.10 Å². The number of aromatic nitrogens is 4. The van der Waals surface area contributed by atoms with Crippen LogP contribution in [0.15, 0.2) is 79.1 Å². The highest BCUT2D eigenvalue weighted by atomic mass is 35.5. The summed E-state index contributed by atoms with van der Waals surface area (Å²) in [5.74, 6) is 0. The standard InChI is InChI=1S/C33H26ClN9/c34-28-16-25(39-32(23-9-4-6-21(14-23)17-36)30-20-43(42-41-30)26-11-12-26)15-27-31(24(18-37)19-38-33(27)28)40-29(10-5-13-35)22-7-2-1-3-8-22/h1-4,6-9,14-16,19-20,26,29,32,39H,5,10-12H2,(H,38,40)/t29-,32+/m1/s1/i32D. The van der Waals surface area contributed by atoms with Crippen molar-refractivity contribution in [1.82, 2.24) is 20.0 Å². The molecule has 43 heavy (non-hydrogen) atoms. The molecule has 5 aromatic rings. The lowest BCUT2D eigenvalue weighted by Gasteiger charge is -2.23. The molecular formula is C33H26ClN9. The number of nitrogens with one attached hydrogen (secondary N) is 2. The molecule has 0 unspecified atom stereocenters. The van der Waals surface area contributed by atoms with Crippen LogP contribution in [0, 0.1) is 34.0 Å². The average Bonchev–Trinajstić information content (AvgIpc) is 3.78. The number of halogens is 1. The van der Waals surface area contributed by atoms with Gasteiger partial charge in [-0.05, 0) is 54.7 Å². The van der Waals surface area contributed by atoms with E-state index in [1.54, 1.807) is 47.3 Å². The Morgan fingerprint density at radius 2 is 1.81 bits per heavy atom. The van der Waals surface area contributed by atoms with Crippen LogP contribution >= 0.6 is 11.6 Å². The number of nitriles is 3. The van der Waals surface area contributed by atoms with Gasteiger partial charge in [0.05, 0.1) is 65.2 Å². The van der Waals surface area contributed by atoms with Crippen LogP contribution in [0.5, 0.6) is 0 Å². The van der Waals surface area contributed by atoms with E-state index in [0.29, 0.717) is 62.5 Å². The molecule has 0 bridgehead atoms. The number of fused-ring (bicyclic) bond motifs is 1. The van der Waals surface area contributed by atoms with E-state index in [1.165, 1.54) is 6.20 Å². The molecular weight excluding hydrogens is 558 g/mol. The van der Waals surface area contributed by atoms with Crippen molar-refractivity contribution in [3.63, 3.8) is 0 Å². The maximum Gasteiger partial charge on any atom is 0.109 e. The van der Waals surface area contributed by atoms with Crippen LogP contribution < -0.4 is 10.6 Å². The first kappa shape index (κ1) is 26.5. The van der Waals surface area contributed by atoms with Gasteiger partial charge in [-0.25, -0.2) is 4.68 Å². The van der Waals surface area contributed by atoms with Gasteiger partial charge in [-0.2, -0.15) is 15.8 Å². The predicted molar refractivity (Wildman–Crippen MR) is 164 cm³/mol. The van der Waals surface area contributed by atoms with Crippen molar-refractivity contribution in [3.8, 4) is 18.2 Å². The molecule has 0 amide bonds. The average molecular weight is 585 g/mol. The maximum absolute atomic E-state index is 10.1. The van der Waals surface area contributed by atoms with Crippen molar-refractivity contribution in [2.75, 3.05) is 10.6 Å².